The van der Waals surface area contributed by atoms with Crippen molar-refractivity contribution < 1.29 is 14.4 Å². The van der Waals surface area contributed by atoms with Crippen molar-refractivity contribution in [3.8, 4) is 0 Å². The first-order valence-electron chi connectivity index (χ1n) is 9.11. The summed E-state index contributed by atoms with van der Waals surface area (Å²) in [6.07, 6.45) is 2.41. The van der Waals surface area contributed by atoms with Crippen LogP contribution in [0.2, 0.25) is 0 Å². The third-order valence-electron chi connectivity index (χ3n) is 5.15. The van der Waals surface area contributed by atoms with Crippen LogP contribution >= 0.6 is 11.3 Å². The van der Waals surface area contributed by atoms with Crippen molar-refractivity contribution >= 4 is 35.0 Å². The number of carbonyl (C=O) groups excluding carboxylic acids is 3. The van der Waals surface area contributed by atoms with E-state index in [2.05, 4.69) is 9.89 Å². The van der Waals surface area contributed by atoms with Gasteiger partial charge in [0.05, 0.1) is 6.54 Å². The van der Waals surface area contributed by atoms with Gasteiger partial charge in [0.1, 0.15) is 17.5 Å². The molecule has 0 N–H and O–H groups in total. The topological polar surface area (TPSA) is 70.1 Å². The van der Waals surface area contributed by atoms with E-state index in [0.29, 0.717) is 19.4 Å². The zero-order chi connectivity index (χ0) is 18.5. The fourth-order valence-electron chi connectivity index (χ4n) is 3.55. The Morgan fingerprint density at radius 2 is 1.92 bits per heavy atom. The Morgan fingerprint density at radius 1 is 1.23 bits per heavy atom. The molecular formula is C19H25N3O3S. The van der Waals surface area contributed by atoms with Gasteiger partial charge in [-0.3, -0.25) is 24.3 Å². The number of carbonyl (C=O) groups is 3. The lowest BCUT2D eigenvalue weighted by molar-refractivity contribution is -0.133. The molecule has 6 nitrogen and oxygen atoms in total. The second-order valence-corrected chi connectivity index (χ2v) is 7.91. The van der Waals surface area contributed by atoms with Gasteiger partial charge in [0.2, 0.25) is 5.91 Å². The van der Waals surface area contributed by atoms with E-state index < -0.39 is 5.92 Å². The maximum Gasteiger partial charge on any atom is 0.219 e. The fraction of sp³-hybridized carbons (Fsp3) is 0.579. The highest BCUT2D eigenvalue weighted by atomic mass is 32.1. The van der Waals surface area contributed by atoms with Gasteiger partial charge in [-0.05, 0) is 11.4 Å². The molecule has 7 heteroatoms. The molecule has 0 spiro atoms. The maximum absolute atomic E-state index is 12.4. The number of thiophene rings is 1. The van der Waals surface area contributed by atoms with Crippen molar-refractivity contribution in [1.29, 1.82) is 0 Å². The first-order valence-corrected chi connectivity index (χ1v) is 9.99. The van der Waals surface area contributed by atoms with E-state index in [9.17, 15) is 14.4 Å². The zero-order valence-corrected chi connectivity index (χ0v) is 15.9. The van der Waals surface area contributed by atoms with Gasteiger partial charge in [0, 0.05) is 69.5 Å². The summed E-state index contributed by atoms with van der Waals surface area (Å²) in [5, 5.41) is 1.98. The third kappa shape index (κ3) is 4.65. The van der Waals surface area contributed by atoms with E-state index in [1.807, 2.05) is 22.4 Å². The molecule has 0 bridgehead atoms. The van der Waals surface area contributed by atoms with Crippen molar-refractivity contribution in [3.05, 3.63) is 22.4 Å². The molecule has 0 atom stereocenters. The van der Waals surface area contributed by atoms with Crippen molar-refractivity contribution in [2.24, 2.45) is 10.9 Å². The van der Waals surface area contributed by atoms with Crippen molar-refractivity contribution in [3.63, 3.8) is 0 Å². The minimum Gasteiger partial charge on any atom is -0.340 e. The molecule has 1 saturated carbocycles. The summed E-state index contributed by atoms with van der Waals surface area (Å²) in [5.41, 5.74) is 0. The van der Waals surface area contributed by atoms with Gasteiger partial charge in [-0.1, -0.05) is 6.07 Å². The molecule has 1 aromatic rings. The van der Waals surface area contributed by atoms with Crippen LogP contribution in [0.25, 0.3) is 0 Å². The average Bonchev–Trinajstić information content (AvgIpc) is 3.15. The summed E-state index contributed by atoms with van der Waals surface area (Å²) in [7, 11) is 0. The van der Waals surface area contributed by atoms with Crippen LogP contribution in [-0.2, 0) is 14.4 Å². The highest BCUT2D eigenvalue weighted by molar-refractivity contribution is 7.10. The number of aliphatic imine (C=N–C) groups is 1. The van der Waals surface area contributed by atoms with Crippen LogP contribution in [0, 0.1) is 5.92 Å². The summed E-state index contributed by atoms with van der Waals surface area (Å²) >= 11 is 1.61. The van der Waals surface area contributed by atoms with Crippen molar-refractivity contribution in [2.75, 3.05) is 39.3 Å². The second kappa shape index (κ2) is 8.68. The van der Waals surface area contributed by atoms with E-state index in [4.69, 9.17) is 0 Å². The molecular weight excluding hydrogens is 350 g/mol. The Labute approximate surface area is 157 Å². The number of hydrogen-bond acceptors (Lipinski definition) is 6. The summed E-state index contributed by atoms with van der Waals surface area (Å²) in [6.45, 7) is 6.16. The van der Waals surface area contributed by atoms with Gasteiger partial charge in [0.15, 0.2) is 0 Å². The molecule has 3 rings (SSSR count). The minimum absolute atomic E-state index is 0.0153. The third-order valence-corrected chi connectivity index (χ3v) is 6.19. The number of rotatable bonds is 5. The Kier molecular flexibility index (Phi) is 6.32. The smallest absolute Gasteiger partial charge is 0.219 e. The number of Topliss-reactive ketones (excluding diaryl/α,β-unsaturated/α-hetero) is 2. The van der Waals surface area contributed by atoms with E-state index >= 15 is 0 Å². The highest BCUT2D eigenvalue weighted by Crippen LogP contribution is 2.33. The van der Waals surface area contributed by atoms with Crippen molar-refractivity contribution in [2.45, 2.75) is 25.7 Å². The van der Waals surface area contributed by atoms with Gasteiger partial charge in [-0.25, -0.2) is 0 Å². The summed E-state index contributed by atoms with van der Waals surface area (Å²) in [5.74, 6) is -0.534. The molecule has 1 saturated heterocycles. The summed E-state index contributed by atoms with van der Waals surface area (Å²) < 4.78 is 0. The normalized spacial score (nSPS) is 25.2. The Hall–Kier alpha value is -1.86. The number of nitrogens with zero attached hydrogens (tertiary/aromatic N) is 3. The second-order valence-electron chi connectivity index (χ2n) is 6.93. The monoisotopic (exact) mass is 375 g/mol. The molecule has 1 aliphatic carbocycles. The van der Waals surface area contributed by atoms with E-state index in [1.165, 1.54) is 0 Å². The predicted molar refractivity (Wildman–Crippen MR) is 102 cm³/mol. The van der Waals surface area contributed by atoms with Crippen LogP contribution in [0.3, 0.4) is 0 Å². The minimum atomic E-state index is -0.666. The Balaban J connectivity index is 1.43. The van der Waals surface area contributed by atoms with Crippen molar-refractivity contribution in [1.82, 2.24) is 9.80 Å². The molecule has 1 aromatic heterocycles. The number of hydrogen-bond donors (Lipinski definition) is 0. The maximum atomic E-state index is 12.4. The number of ketones is 2. The molecule has 140 valence electrons. The standard InChI is InChI=1S/C19H25N3O3S/c1-14(23)22-8-6-21(7-9-22)5-4-20-13-16-17(24)11-15(12-18(16)25)19-3-2-10-26-19/h2-3,10,13,15-16H,4-9,11-12H2,1H3. The SMILES string of the molecule is CC(=O)N1CCN(CCN=CC2C(=O)CC(c3cccs3)CC2=O)CC1. The summed E-state index contributed by atoms with van der Waals surface area (Å²) in [6, 6.07) is 3.95. The molecule has 2 aliphatic rings. The fourth-order valence-corrected chi connectivity index (χ4v) is 4.38. The molecule has 0 aromatic carbocycles. The molecule has 0 radical (unpaired) electrons. The van der Waals surface area contributed by atoms with Gasteiger partial charge in [0.25, 0.3) is 0 Å². The van der Waals surface area contributed by atoms with Crippen LogP contribution in [0.4, 0.5) is 0 Å². The number of piperazine rings is 1. The first kappa shape index (κ1) is 18.9. The lowest BCUT2D eigenvalue weighted by Gasteiger charge is -2.33. The predicted octanol–water partition coefficient (Wildman–Crippen LogP) is 1.61. The van der Waals surface area contributed by atoms with Crippen LogP contribution in [0.15, 0.2) is 22.5 Å². The summed E-state index contributed by atoms with van der Waals surface area (Å²) in [4.78, 5) is 45.6. The van der Waals surface area contributed by atoms with Gasteiger partial charge in [-0.15, -0.1) is 11.3 Å². The molecule has 1 aliphatic heterocycles. The van der Waals surface area contributed by atoms with Gasteiger partial charge in [-0.2, -0.15) is 0 Å². The van der Waals surface area contributed by atoms with Crippen LogP contribution < -0.4 is 0 Å². The largest absolute Gasteiger partial charge is 0.340 e. The van der Waals surface area contributed by atoms with Crippen LogP contribution in [-0.4, -0.2) is 72.8 Å². The van der Waals surface area contributed by atoms with E-state index in [1.54, 1.807) is 24.5 Å². The van der Waals surface area contributed by atoms with Gasteiger partial charge >= 0.3 is 0 Å². The molecule has 2 heterocycles. The molecule has 2 fully saturated rings. The molecule has 26 heavy (non-hydrogen) atoms. The lowest BCUT2D eigenvalue weighted by Crippen LogP contribution is -2.48. The number of amides is 1. The van der Waals surface area contributed by atoms with E-state index in [-0.39, 0.29) is 23.4 Å². The Morgan fingerprint density at radius 3 is 2.50 bits per heavy atom. The highest BCUT2D eigenvalue weighted by Gasteiger charge is 2.35. The average molecular weight is 375 g/mol. The van der Waals surface area contributed by atoms with Crippen LogP contribution in [0.1, 0.15) is 30.6 Å². The Bertz CT molecular complexity index is 660. The zero-order valence-electron chi connectivity index (χ0n) is 15.1. The van der Waals surface area contributed by atoms with E-state index in [0.717, 1.165) is 37.6 Å². The first-order chi connectivity index (χ1) is 12.5. The lowest BCUT2D eigenvalue weighted by atomic mass is 9.80. The van der Waals surface area contributed by atoms with Gasteiger partial charge < -0.3 is 4.90 Å². The van der Waals surface area contributed by atoms with Crippen LogP contribution in [0.5, 0.6) is 0 Å². The molecule has 1 amide bonds. The quantitative estimate of drug-likeness (QED) is 0.579. The molecule has 0 unspecified atom stereocenters.